The van der Waals surface area contributed by atoms with Gasteiger partial charge < -0.3 is 20.1 Å². The molecule has 0 saturated carbocycles. The molecule has 1 saturated heterocycles. The summed E-state index contributed by atoms with van der Waals surface area (Å²) in [4.78, 5) is 12.6. The Kier molecular flexibility index (Phi) is 5.33. The number of nitrogens with one attached hydrogen (secondary N) is 1. The first-order valence-corrected chi connectivity index (χ1v) is 9.22. The summed E-state index contributed by atoms with van der Waals surface area (Å²) in [5.74, 6) is 0.379. The molecule has 28 heavy (non-hydrogen) atoms. The Morgan fingerprint density at radius 3 is 2.68 bits per heavy atom. The van der Waals surface area contributed by atoms with Crippen LogP contribution in [0.2, 0.25) is 0 Å². The highest BCUT2D eigenvalue weighted by Crippen LogP contribution is 2.32. The van der Waals surface area contributed by atoms with E-state index < -0.39 is 31.1 Å². The Balaban J connectivity index is 1.58. The van der Waals surface area contributed by atoms with Gasteiger partial charge in [-0.3, -0.25) is 9.99 Å². The first kappa shape index (κ1) is 18.9. The summed E-state index contributed by atoms with van der Waals surface area (Å²) in [6, 6.07) is 7.63. The monoisotopic (exact) mass is 448 g/mol. The highest BCUT2D eigenvalue weighted by Gasteiger charge is 2.44. The third-order valence-corrected chi connectivity index (χ3v) is 4.93. The van der Waals surface area contributed by atoms with Gasteiger partial charge in [0.2, 0.25) is 0 Å². The second-order valence-electron chi connectivity index (χ2n) is 6.20. The number of anilines is 1. The molecule has 10 nitrogen and oxygen atoms in total. The fourth-order valence-corrected chi connectivity index (χ4v) is 3.21. The van der Waals surface area contributed by atoms with E-state index in [0.29, 0.717) is 17.0 Å². The van der Waals surface area contributed by atoms with Gasteiger partial charge in [0, 0.05) is 4.47 Å². The Labute approximate surface area is 167 Å². The summed E-state index contributed by atoms with van der Waals surface area (Å²) in [5, 5.41) is 33.6. The predicted molar refractivity (Wildman–Crippen MR) is 104 cm³/mol. The Morgan fingerprint density at radius 2 is 1.96 bits per heavy atom. The number of benzene rings is 1. The second-order valence-corrected chi connectivity index (χ2v) is 7.11. The zero-order valence-corrected chi connectivity index (χ0v) is 16.0. The van der Waals surface area contributed by atoms with Gasteiger partial charge in [0.05, 0.1) is 19.1 Å². The van der Waals surface area contributed by atoms with Crippen molar-refractivity contribution in [1.29, 1.82) is 0 Å². The number of ether oxygens (including phenoxy) is 1. The molecule has 0 amide bonds. The first-order chi connectivity index (χ1) is 13.6. The van der Waals surface area contributed by atoms with Crippen LogP contribution in [0.1, 0.15) is 11.8 Å². The number of hydrogen-bond donors (Lipinski definition) is 4. The van der Waals surface area contributed by atoms with Gasteiger partial charge in [0.1, 0.15) is 24.6 Å². The molecule has 0 spiro atoms. The van der Waals surface area contributed by atoms with E-state index in [2.05, 4.69) is 41.4 Å². The Morgan fingerprint density at radius 1 is 1.18 bits per heavy atom. The van der Waals surface area contributed by atoms with Crippen LogP contribution in [0.3, 0.4) is 0 Å². The number of imidazole rings is 1. The topological polar surface area (TPSA) is 138 Å². The minimum atomic E-state index is -1.23. The highest BCUT2D eigenvalue weighted by atomic mass is 79.9. The third-order valence-electron chi connectivity index (χ3n) is 4.40. The minimum Gasteiger partial charge on any atom is -0.394 e. The van der Waals surface area contributed by atoms with Crippen molar-refractivity contribution in [3.8, 4) is 0 Å². The van der Waals surface area contributed by atoms with Crippen LogP contribution in [0, 0.1) is 0 Å². The lowest BCUT2D eigenvalue weighted by Gasteiger charge is -2.16. The number of aliphatic hydroxyl groups excluding tert-OH is 3. The fraction of sp³-hybridized carbons (Fsp3) is 0.294. The third kappa shape index (κ3) is 3.50. The molecule has 1 fully saturated rings. The molecule has 0 radical (unpaired) electrons. The van der Waals surface area contributed by atoms with Crippen LogP contribution in [-0.4, -0.2) is 66.0 Å². The average Bonchev–Trinajstić information content (AvgIpc) is 3.25. The van der Waals surface area contributed by atoms with E-state index in [1.54, 1.807) is 6.21 Å². The van der Waals surface area contributed by atoms with Crippen LogP contribution in [0.4, 0.5) is 5.82 Å². The predicted octanol–water partition coefficient (Wildman–Crippen LogP) is 0.646. The Hall–Kier alpha value is -2.44. The quantitative estimate of drug-likeness (QED) is 0.329. The number of hydrazone groups is 1. The number of rotatable bonds is 5. The van der Waals surface area contributed by atoms with E-state index in [1.807, 2.05) is 24.3 Å². The maximum absolute atomic E-state index is 10.2. The highest BCUT2D eigenvalue weighted by molar-refractivity contribution is 9.10. The molecule has 0 bridgehead atoms. The normalized spacial score (nSPS) is 25.0. The van der Waals surface area contributed by atoms with Crippen molar-refractivity contribution in [3.05, 3.63) is 47.0 Å². The van der Waals surface area contributed by atoms with Gasteiger partial charge in [0.25, 0.3) is 0 Å². The van der Waals surface area contributed by atoms with Crippen molar-refractivity contribution in [2.24, 2.45) is 5.10 Å². The van der Waals surface area contributed by atoms with Crippen LogP contribution < -0.4 is 5.43 Å². The second kappa shape index (κ2) is 7.89. The molecule has 3 aromatic rings. The maximum Gasteiger partial charge on any atom is 0.177 e. The molecule has 4 rings (SSSR count). The van der Waals surface area contributed by atoms with E-state index in [9.17, 15) is 15.3 Å². The lowest BCUT2D eigenvalue weighted by molar-refractivity contribution is -0.0511. The summed E-state index contributed by atoms with van der Waals surface area (Å²) in [6.45, 7) is -0.409. The summed E-state index contributed by atoms with van der Waals surface area (Å²) >= 11 is 3.38. The lowest BCUT2D eigenvalue weighted by Crippen LogP contribution is -2.33. The van der Waals surface area contributed by atoms with E-state index in [4.69, 9.17) is 4.74 Å². The summed E-state index contributed by atoms with van der Waals surface area (Å²) in [6.07, 6.45) is 0.170. The van der Waals surface area contributed by atoms with Crippen molar-refractivity contribution in [2.45, 2.75) is 24.5 Å². The van der Waals surface area contributed by atoms with E-state index in [-0.39, 0.29) is 0 Å². The number of aromatic nitrogens is 4. The molecule has 1 aliphatic rings. The number of nitrogens with zero attached hydrogens (tertiary/aromatic N) is 5. The number of fused-ring (bicyclic) bond motifs is 1. The SMILES string of the molecule is OC[C@H]1O[C@@H](n2cnc3c(N/N=C/c4ccc(Br)cc4)ncnc32)[C@@H](O)C1O. The van der Waals surface area contributed by atoms with Crippen molar-refractivity contribution in [3.63, 3.8) is 0 Å². The van der Waals surface area contributed by atoms with Crippen molar-refractivity contribution in [1.82, 2.24) is 19.5 Å². The van der Waals surface area contributed by atoms with Gasteiger partial charge in [-0.1, -0.05) is 28.1 Å². The molecule has 0 aliphatic carbocycles. The fourth-order valence-electron chi connectivity index (χ4n) is 2.95. The molecule has 146 valence electrons. The molecule has 11 heteroatoms. The summed E-state index contributed by atoms with van der Waals surface area (Å²) in [5.41, 5.74) is 4.55. The number of aliphatic hydroxyl groups is 3. The van der Waals surface area contributed by atoms with Crippen LogP contribution in [0.5, 0.6) is 0 Å². The standard InChI is InChI=1S/C17H17BrN6O4/c18-10-3-1-9(2-4-10)5-22-23-15-12-16(20-7-19-15)24(8-21-12)17-14(27)13(26)11(6-25)28-17/h1-5,7-8,11,13-14,17,25-27H,6H2,(H,19,20,23)/b22-5+/t11-,13?,14+,17-/m1/s1. The number of halogens is 1. The average molecular weight is 449 g/mol. The van der Waals surface area contributed by atoms with Gasteiger partial charge in [-0.15, -0.1) is 0 Å². The van der Waals surface area contributed by atoms with Gasteiger partial charge >= 0.3 is 0 Å². The van der Waals surface area contributed by atoms with E-state index in [0.717, 1.165) is 10.0 Å². The van der Waals surface area contributed by atoms with Crippen molar-refractivity contribution in [2.75, 3.05) is 12.0 Å². The molecule has 2 aromatic heterocycles. The van der Waals surface area contributed by atoms with Gasteiger partial charge in [-0.05, 0) is 17.7 Å². The largest absolute Gasteiger partial charge is 0.394 e. The van der Waals surface area contributed by atoms with Crippen LogP contribution in [0.15, 0.2) is 46.5 Å². The molecule has 4 N–H and O–H groups in total. The van der Waals surface area contributed by atoms with Crippen molar-refractivity contribution < 1.29 is 20.1 Å². The molecule has 1 aromatic carbocycles. The number of hydrogen-bond acceptors (Lipinski definition) is 9. The molecule has 1 unspecified atom stereocenters. The minimum absolute atomic E-state index is 0.379. The Bertz CT molecular complexity index is 995. The van der Waals surface area contributed by atoms with Crippen LogP contribution in [-0.2, 0) is 4.74 Å². The smallest absolute Gasteiger partial charge is 0.177 e. The van der Waals surface area contributed by atoms with Crippen LogP contribution >= 0.6 is 15.9 Å². The van der Waals surface area contributed by atoms with Gasteiger partial charge in [-0.25, -0.2) is 15.0 Å². The lowest BCUT2D eigenvalue weighted by atomic mass is 10.1. The molecule has 4 atom stereocenters. The summed E-state index contributed by atoms with van der Waals surface area (Å²) in [7, 11) is 0. The zero-order chi connectivity index (χ0) is 19.7. The zero-order valence-electron chi connectivity index (χ0n) is 14.4. The maximum atomic E-state index is 10.2. The van der Waals surface area contributed by atoms with Gasteiger partial charge in [0.15, 0.2) is 23.2 Å². The first-order valence-electron chi connectivity index (χ1n) is 8.43. The summed E-state index contributed by atoms with van der Waals surface area (Å²) < 4.78 is 8.00. The van der Waals surface area contributed by atoms with Crippen LogP contribution in [0.25, 0.3) is 11.2 Å². The molecular formula is C17H17BrN6O4. The molecule has 3 heterocycles. The van der Waals surface area contributed by atoms with Crippen molar-refractivity contribution >= 4 is 39.1 Å². The molecule has 1 aliphatic heterocycles. The van der Waals surface area contributed by atoms with E-state index >= 15 is 0 Å². The van der Waals surface area contributed by atoms with Gasteiger partial charge in [-0.2, -0.15) is 5.10 Å². The molecular weight excluding hydrogens is 432 g/mol. The van der Waals surface area contributed by atoms with E-state index in [1.165, 1.54) is 17.2 Å².